The van der Waals surface area contributed by atoms with Gasteiger partial charge in [-0.2, -0.15) is 5.10 Å². The average Bonchev–Trinajstić information content (AvgIpc) is 3.27. The number of likely N-dealkylation sites (N-methyl/N-ethyl adjacent to an activating group) is 1. The van der Waals surface area contributed by atoms with Crippen molar-refractivity contribution in [2.24, 2.45) is 0 Å². The van der Waals surface area contributed by atoms with Crippen molar-refractivity contribution in [1.82, 2.24) is 34.1 Å². The average molecular weight is 424 g/mol. The van der Waals surface area contributed by atoms with Crippen molar-refractivity contribution in [3.05, 3.63) is 59.0 Å². The predicted molar refractivity (Wildman–Crippen MR) is 118 cm³/mol. The molecule has 0 radical (unpaired) electrons. The molecular formula is C22H29N7O2. The molecule has 0 spiro atoms. The van der Waals surface area contributed by atoms with Crippen molar-refractivity contribution in [2.45, 2.75) is 44.9 Å². The van der Waals surface area contributed by atoms with Gasteiger partial charge in [0.1, 0.15) is 18.2 Å². The fourth-order valence-corrected chi connectivity index (χ4v) is 3.93. The van der Waals surface area contributed by atoms with E-state index in [9.17, 15) is 9.59 Å². The largest absolute Gasteiger partial charge is 0.352 e. The SMILES string of the molecule is CN(C)CCn1nc2n(c1=O)CCC(NC(=O)Cn1ccnc1-c1ccccc1)CC2. The first-order chi connectivity index (χ1) is 15.0. The molecule has 9 heteroatoms. The van der Waals surface area contributed by atoms with E-state index in [2.05, 4.69) is 15.4 Å². The van der Waals surface area contributed by atoms with Crippen molar-refractivity contribution in [1.29, 1.82) is 0 Å². The standard InChI is InChI=1S/C22H29N7O2/c1-26(2)14-15-29-22(31)28-12-10-18(8-9-19(28)25-29)24-20(30)16-27-13-11-23-21(27)17-6-4-3-5-7-17/h3-7,11,13,18H,8-10,12,14-16H2,1-2H3,(H,24,30). The lowest BCUT2D eigenvalue weighted by molar-refractivity contribution is -0.122. The molecule has 2 aromatic heterocycles. The van der Waals surface area contributed by atoms with Crippen LogP contribution < -0.4 is 11.0 Å². The van der Waals surface area contributed by atoms with Crippen LogP contribution in [0.3, 0.4) is 0 Å². The summed E-state index contributed by atoms with van der Waals surface area (Å²) in [4.78, 5) is 31.8. The van der Waals surface area contributed by atoms with Crippen molar-refractivity contribution < 1.29 is 4.79 Å². The van der Waals surface area contributed by atoms with Gasteiger partial charge in [-0.25, -0.2) is 14.5 Å². The quantitative estimate of drug-likeness (QED) is 0.612. The van der Waals surface area contributed by atoms with E-state index in [0.29, 0.717) is 25.9 Å². The van der Waals surface area contributed by atoms with Gasteiger partial charge in [0.15, 0.2) is 0 Å². The smallest absolute Gasteiger partial charge is 0.345 e. The summed E-state index contributed by atoms with van der Waals surface area (Å²) in [5, 5.41) is 7.65. The first kappa shape index (κ1) is 21.0. The van der Waals surface area contributed by atoms with E-state index in [4.69, 9.17) is 0 Å². The number of carbonyl (C=O) groups excluding carboxylic acids is 1. The molecule has 1 aliphatic rings. The third kappa shape index (κ3) is 4.93. The summed E-state index contributed by atoms with van der Waals surface area (Å²) in [5.74, 6) is 1.53. The Bertz CT molecular complexity index is 1080. The van der Waals surface area contributed by atoms with Crippen LogP contribution in [-0.4, -0.2) is 61.4 Å². The Balaban J connectivity index is 1.36. The van der Waals surface area contributed by atoms with Gasteiger partial charge in [0.2, 0.25) is 5.91 Å². The van der Waals surface area contributed by atoms with Gasteiger partial charge in [0, 0.05) is 43.5 Å². The van der Waals surface area contributed by atoms with Gasteiger partial charge < -0.3 is 14.8 Å². The number of aromatic nitrogens is 5. The van der Waals surface area contributed by atoms with Crippen LogP contribution in [-0.2, 0) is 30.8 Å². The van der Waals surface area contributed by atoms with E-state index < -0.39 is 0 Å². The number of carbonyl (C=O) groups is 1. The number of imidazole rings is 1. The van der Waals surface area contributed by atoms with Gasteiger partial charge >= 0.3 is 5.69 Å². The van der Waals surface area contributed by atoms with Gasteiger partial charge in [-0.05, 0) is 26.9 Å². The Kier molecular flexibility index (Phi) is 6.31. The molecule has 0 bridgehead atoms. The molecule has 1 aliphatic heterocycles. The lowest BCUT2D eigenvalue weighted by Crippen LogP contribution is -2.38. The monoisotopic (exact) mass is 423 g/mol. The summed E-state index contributed by atoms with van der Waals surface area (Å²) >= 11 is 0. The second-order valence-corrected chi connectivity index (χ2v) is 8.21. The highest BCUT2D eigenvalue weighted by Crippen LogP contribution is 2.17. The van der Waals surface area contributed by atoms with Gasteiger partial charge in [-0.1, -0.05) is 30.3 Å². The lowest BCUT2D eigenvalue weighted by Gasteiger charge is -2.17. The van der Waals surface area contributed by atoms with Crippen LogP contribution >= 0.6 is 0 Å². The Morgan fingerprint density at radius 1 is 1.23 bits per heavy atom. The molecule has 1 atom stereocenters. The van der Waals surface area contributed by atoms with Gasteiger partial charge in [-0.3, -0.25) is 9.36 Å². The third-order valence-electron chi connectivity index (χ3n) is 5.60. The molecule has 0 saturated carbocycles. The number of amides is 1. The van der Waals surface area contributed by atoms with Crippen LogP contribution in [0, 0.1) is 0 Å². The minimum Gasteiger partial charge on any atom is -0.352 e. The van der Waals surface area contributed by atoms with Crippen LogP contribution in [0.25, 0.3) is 11.4 Å². The van der Waals surface area contributed by atoms with Crippen LogP contribution in [0.2, 0.25) is 0 Å². The number of nitrogens with one attached hydrogen (secondary N) is 1. The van der Waals surface area contributed by atoms with Crippen molar-refractivity contribution in [2.75, 3.05) is 20.6 Å². The normalized spacial score (nSPS) is 16.2. The molecule has 31 heavy (non-hydrogen) atoms. The van der Waals surface area contributed by atoms with E-state index in [1.807, 2.05) is 60.1 Å². The summed E-state index contributed by atoms with van der Waals surface area (Å²) in [6.45, 7) is 2.14. The van der Waals surface area contributed by atoms with Crippen LogP contribution in [0.5, 0.6) is 0 Å². The maximum absolute atomic E-state index is 12.7. The molecule has 0 fully saturated rings. The fraction of sp³-hybridized carbons (Fsp3) is 0.455. The molecule has 1 amide bonds. The van der Waals surface area contributed by atoms with Gasteiger partial charge in [0.25, 0.3) is 0 Å². The van der Waals surface area contributed by atoms with Gasteiger partial charge in [0.05, 0.1) is 6.54 Å². The molecule has 1 unspecified atom stereocenters. The van der Waals surface area contributed by atoms with E-state index in [-0.39, 0.29) is 24.2 Å². The van der Waals surface area contributed by atoms with Crippen LogP contribution in [0.4, 0.5) is 0 Å². The predicted octanol–water partition coefficient (Wildman–Crippen LogP) is 0.991. The minimum absolute atomic E-state index is 0.0209. The van der Waals surface area contributed by atoms with E-state index in [0.717, 1.165) is 30.2 Å². The maximum Gasteiger partial charge on any atom is 0.345 e. The number of fused-ring (bicyclic) bond motifs is 1. The summed E-state index contributed by atoms with van der Waals surface area (Å²) in [7, 11) is 3.96. The fourth-order valence-electron chi connectivity index (χ4n) is 3.93. The zero-order valence-electron chi connectivity index (χ0n) is 18.1. The van der Waals surface area contributed by atoms with Crippen LogP contribution in [0.1, 0.15) is 18.7 Å². The Hall–Kier alpha value is -3.20. The van der Waals surface area contributed by atoms with E-state index >= 15 is 0 Å². The third-order valence-corrected chi connectivity index (χ3v) is 5.60. The topological polar surface area (TPSA) is 90.0 Å². The summed E-state index contributed by atoms with van der Waals surface area (Å²) in [5.41, 5.74) is 0.917. The van der Waals surface area contributed by atoms with Crippen LogP contribution in [0.15, 0.2) is 47.5 Å². The zero-order valence-corrected chi connectivity index (χ0v) is 18.1. The Labute approximate surface area is 181 Å². The number of hydrogen-bond donors (Lipinski definition) is 1. The molecule has 3 heterocycles. The number of benzene rings is 1. The first-order valence-corrected chi connectivity index (χ1v) is 10.7. The highest BCUT2D eigenvalue weighted by Gasteiger charge is 2.22. The number of aryl methyl sites for hydroxylation is 1. The molecule has 0 aliphatic carbocycles. The molecule has 3 aromatic rings. The molecular weight excluding hydrogens is 394 g/mol. The summed E-state index contributed by atoms with van der Waals surface area (Å²) < 4.78 is 5.17. The van der Waals surface area contributed by atoms with Crippen molar-refractivity contribution in [3.63, 3.8) is 0 Å². The highest BCUT2D eigenvalue weighted by molar-refractivity contribution is 5.76. The number of nitrogens with zero attached hydrogens (tertiary/aromatic N) is 6. The molecule has 1 N–H and O–H groups in total. The second-order valence-electron chi connectivity index (χ2n) is 8.21. The summed E-state index contributed by atoms with van der Waals surface area (Å²) in [6, 6.07) is 9.85. The first-order valence-electron chi connectivity index (χ1n) is 10.7. The zero-order chi connectivity index (χ0) is 21.8. The molecule has 9 nitrogen and oxygen atoms in total. The van der Waals surface area contributed by atoms with E-state index in [1.54, 1.807) is 15.4 Å². The minimum atomic E-state index is -0.0604. The lowest BCUT2D eigenvalue weighted by atomic mass is 10.1. The number of rotatable bonds is 7. The Morgan fingerprint density at radius 3 is 2.81 bits per heavy atom. The molecule has 164 valence electrons. The van der Waals surface area contributed by atoms with Crippen molar-refractivity contribution in [3.8, 4) is 11.4 Å². The Morgan fingerprint density at radius 2 is 2.03 bits per heavy atom. The summed E-state index contributed by atoms with van der Waals surface area (Å²) in [6.07, 6.45) is 5.69. The molecule has 1 aromatic carbocycles. The highest BCUT2D eigenvalue weighted by atomic mass is 16.2. The van der Waals surface area contributed by atoms with Gasteiger partial charge in [-0.15, -0.1) is 0 Å². The second kappa shape index (κ2) is 9.30. The molecule has 0 saturated heterocycles. The van der Waals surface area contributed by atoms with Crippen molar-refractivity contribution >= 4 is 5.91 Å². The number of hydrogen-bond acceptors (Lipinski definition) is 5. The molecule has 4 rings (SSSR count). The maximum atomic E-state index is 12.7. The van der Waals surface area contributed by atoms with E-state index in [1.165, 1.54) is 0 Å².